The van der Waals surface area contributed by atoms with E-state index in [2.05, 4.69) is 15.7 Å². The number of carbonyl (C=O) groups is 1. The van der Waals surface area contributed by atoms with Crippen LogP contribution < -0.4 is 10.6 Å². The molecule has 6 nitrogen and oxygen atoms in total. The lowest BCUT2D eigenvalue weighted by atomic mass is 10.1. The molecule has 0 spiro atoms. The van der Waals surface area contributed by atoms with Gasteiger partial charge in [-0.05, 0) is 26.1 Å². The average molecular weight is 312 g/mol. The van der Waals surface area contributed by atoms with E-state index in [0.29, 0.717) is 0 Å². The number of fused-ring (bicyclic) bond motifs is 1. The molecule has 120 valence electrons. The first-order valence-electron chi connectivity index (χ1n) is 7.53. The second-order valence-electron chi connectivity index (χ2n) is 5.59. The topological polar surface area (TPSA) is 72.1 Å². The normalized spacial score (nSPS) is 13.9. The number of aromatic nitrogens is 2. The lowest BCUT2D eigenvalue weighted by Gasteiger charge is -2.17. The maximum Gasteiger partial charge on any atom is 0.242 e. The first-order chi connectivity index (χ1) is 11.1. The molecule has 3 rings (SSSR count). The Morgan fingerprint density at radius 1 is 1.35 bits per heavy atom. The van der Waals surface area contributed by atoms with Crippen molar-refractivity contribution in [2.75, 3.05) is 7.05 Å². The van der Waals surface area contributed by atoms with Crippen LogP contribution in [0.3, 0.4) is 0 Å². The molecular weight excluding hydrogens is 292 g/mol. The van der Waals surface area contributed by atoms with Crippen LogP contribution >= 0.6 is 0 Å². The molecule has 0 aliphatic rings. The van der Waals surface area contributed by atoms with E-state index in [-0.39, 0.29) is 11.9 Å². The van der Waals surface area contributed by atoms with Crippen LogP contribution in [0.1, 0.15) is 30.3 Å². The van der Waals surface area contributed by atoms with Gasteiger partial charge in [-0.15, -0.1) is 0 Å². The standard InChI is InChI=1S/C17H20N4O2/c1-11(15-8-12-6-4-5-7-14(12)23-15)20-17(22)16(18-2)13-9-19-21(3)10-13/h4-11,16,18H,1-3H3,(H,20,22). The van der Waals surface area contributed by atoms with Crippen molar-refractivity contribution in [1.82, 2.24) is 20.4 Å². The molecule has 0 fully saturated rings. The van der Waals surface area contributed by atoms with E-state index < -0.39 is 6.04 Å². The number of rotatable bonds is 5. The van der Waals surface area contributed by atoms with Gasteiger partial charge >= 0.3 is 0 Å². The van der Waals surface area contributed by atoms with Crippen LogP contribution in [0.15, 0.2) is 47.1 Å². The second kappa shape index (κ2) is 6.26. The lowest BCUT2D eigenvalue weighted by molar-refractivity contribution is -0.123. The van der Waals surface area contributed by atoms with Gasteiger partial charge in [0.1, 0.15) is 17.4 Å². The number of hydrogen-bond donors (Lipinski definition) is 2. The molecule has 0 aliphatic heterocycles. The molecule has 1 amide bonds. The third-order valence-electron chi connectivity index (χ3n) is 3.84. The largest absolute Gasteiger partial charge is 0.459 e. The van der Waals surface area contributed by atoms with Gasteiger partial charge in [0.25, 0.3) is 0 Å². The second-order valence-corrected chi connectivity index (χ2v) is 5.59. The van der Waals surface area contributed by atoms with Crippen LogP contribution in [-0.2, 0) is 11.8 Å². The molecule has 2 unspecified atom stereocenters. The fourth-order valence-electron chi connectivity index (χ4n) is 2.62. The Labute approximate surface area is 134 Å². The number of para-hydroxylation sites is 1. The number of nitrogens with one attached hydrogen (secondary N) is 2. The molecule has 0 saturated heterocycles. The molecule has 6 heteroatoms. The summed E-state index contributed by atoms with van der Waals surface area (Å²) < 4.78 is 7.48. The summed E-state index contributed by atoms with van der Waals surface area (Å²) in [5.41, 5.74) is 1.64. The Morgan fingerprint density at radius 2 is 2.13 bits per heavy atom. The highest BCUT2D eigenvalue weighted by atomic mass is 16.3. The number of amides is 1. The molecule has 0 bridgehead atoms. The summed E-state index contributed by atoms with van der Waals surface area (Å²) in [5, 5.41) is 11.1. The monoisotopic (exact) mass is 312 g/mol. The van der Waals surface area contributed by atoms with E-state index in [1.165, 1.54) is 0 Å². The zero-order chi connectivity index (χ0) is 16.4. The Hall–Kier alpha value is -2.60. The van der Waals surface area contributed by atoms with E-state index in [4.69, 9.17) is 4.42 Å². The van der Waals surface area contributed by atoms with Crippen molar-refractivity contribution in [3.63, 3.8) is 0 Å². The summed E-state index contributed by atoms with van der Waals surface area (Å²) in [6.07, 6.45) is 3.51. The third kappa shape index (κ3) is 3.12. The zero-order valence-electron chi connectivity index (χ0n) is 13.4. The first kappa shape index (κ1) is 15.3. The van der Waals surface area contributed by atoms with E-state index in [9.17, 15) is 4.79 Å². The van der Waals surface area contributed by atoms with Gasteiger partial charge in [0.15, 0.2) is 0 Å². The fraction of sp³-hybridized carbons (Fsp3) is 0.294. The van der Waals surface area contributed by atoms with Crippen molar-refractivity contribution in [3.05, 3.63) is 54.0 Å². The number of carbonyl (C=O) groups excluding carboxylic acids is 1. The minimum atomic E-state index is -0.449. The number of furan rings is 1. The van der Waals surface area contributed by atoms with Crippen LogP contribution in [0, 0.1) is 0 Å². The molecule has 0 aliphatic carbocycles. The molecule has 2 heterocycles. The van der Waals surface area contributed by atoms with Crippen molar-refractivity contribution in [1.29, 1.82) is 0 Å². The number of nitrogens with zero attached hydrogens (tertiary/aromatic N) is 2. The van der Waals surface area contributed by atoms with Gasteiger partial charge in [-0.3, -0.25) is 9.48 Å². The van der Waals surface area contributed by atoms with Gasteiger partial charge in [0.05, 0.1) is 12.2 Å². The van der Waals surface area contributed by atoms with Gasteiger partial charge in [0.2, 0.25) is 5.91 Å². The van der Waals surface area contributed by atoms with Gasteiger partial charge in [0, 0.05) is 24.2 Å². The number of likely N-dealkylation sites (N-methyl/N-ethyl adjacent to an activating group) is 1. The van der Waals surface area contributed by atoms with Gasteiger partial charge in [-0.25, -0.2) is 0 Å². The van der Waals surface area contributed by atoms with Crippen LogP contribution in [0.25, 0.3) is 11.0 Å². The summed E-state index contributed by atoms with van der Waals surface area (Å²) in [5.74, 6) is 0.619. The minimum absolute atomic E-state index is 0.117. The Bertz CT molecular complexity index is 788. The number of aryl methyl sites for hydroxylation is 1. The van der Waals surface area contributed by atoms with Crippen molar-refractivity contribution < 1.29 is 9.21 Å². The van der Waals surface area contributed by atoms with Crippen LogP contribution in [0.5, 0.6) is 0 Å². The van der Waals surface area contributed by atoms with Crippen LogP contribution in [-0.4, -0.2) is 22.7 Å². The summed E-state index contributed by atoms with van der Waals surface area (Å²) in [6, 6.07) is 9.09. The van der Waals surface area contributed by atoms with Crippen LogP contribution in [0.4, 0.5) is 0 Å². The third-order valence-corrected chi connectivity index (χ3v) is 3.84. The van der Waals surface area contributed by atoms with E-state index in [1.54, 1.807) is 17.9 Å². The first-order valence-corrected chi connectivity index (χ1v) is 7.53. The summed E-state index contributed by atoms with van der Waals surface area (Å²) in [4.78, 5) is 12.5. The van der Waals surface area contributed by atoms with Gasteiger partial charge < -0.3 is 15.1 Å². The number of benzene rings is 1. The van der Waals surface area contributed by atoms with Crippen molar-refractivity contribution in [2.45, 2.75) is 19.0 Å². The predicted molar refractivity (Wildman–Crippen MR) is 87.8 cm³/mol. The van der Waals surface area contributed by atoms with Crippen molar-refractivity contribution >= 4 is 16.9 Å². The van der Waals surface area contributed by atoms with E-state index in [0.717, 1.165) is 22.3 Å². The molecule has 0 radical (unpaired) electrons. The minimum Gasteiger partial charge on any atom is -0.459 e. The molecule has 3 aromatic rings. The highest BCUT2D eigenvalue weighted by Gasteiger charge is 2.23. The predicted octanol–water partition coefficient (Wildman–Crippen LogP) is 2.30. The van der Waals surface area contributed by atoms with Gasteiger partial charge in [-0.2, -0.15) is 5.10 Å². The maximum atomic E-state index is 12.5. The Morgan fingerprint density at radius 3 is 2.78 bits per heavy atom. The summed E-state index contributed by atoms with van der Waals surface area (Å²) in [6.45, 7) is 1.91. The lowest BCUT2D eigenvalue weighted by Crippen LogP contribution is -2.37. The molecule has 2 atom stereocenters. The summed E-state index contributed by atoms with van der Waals surface area (Å²) >= 11 is 0. The highest BCUT2D eigenvalue weighted by molar-refractivity contribution is 5.83. The Balaban J connectivity index is 1.75. The highest BCUT2D eigenvalue weighted by Crippen LogP contribution is 2.24. The van der Waals surface area contributed by atoms with E-state index >= 15 is 0 Å². The van der Waals surface area contributed by atoms with Gasteiger partial charge in [-0.1, -0.05) is 18.2 Å². The quantitative estimate of drug-likeness (QED) is 0.758. The molecule has 0 saturated carbocycles. The van der Waals surface area contributed by atoms with Crippen LogP contribution in [0.2, 0.25) is 0 Å². The smallest absolute Gasteiger partial charge is 0.242 e. The SMILES string of the molecule is CNC(C(=O)NC(C)c1cc2ccccc2o1)c1cnn(C)c1. The average Bonchev–Trinajstić information content (AvgIpc) is 3.14. The number of hydrogen-bond acceptors (Lipinski definition) is 4. The summed E-state index contributed by atoms with van der Waals surface area (Å²) in [7, 11) is 3.58. The van der Waals surface area contributed by atoms with Crippen molar-refractivity contribution in [2.24, 2.45) is 7.05 Å². The molecule has 1 aromatic carbocycles. The fourth-order valence-corrected chi connectivity index (χ4v) is 2.62. The van der Waals surface area contributed by atoms with E-state index in [1.807, 2.05) is 50.5 Å². The van der Waals surface area contributed by atoms with Crippen molar-refractivity contribution in [3.8, 4) is 0 Å². The maximum absolute atomic E-state index is 12.5. The Kier molecular flexibility index (Phi) is 4.16. The molecule has 2 aromatic heterocycles. The molecule has 2 N–H and O–H groups in total. The zero-order valence-corrected chi connectivity index (χ0v) is 13.4. The molecule has 23 heavy (non-hydrogen) atoms. The molecular formula is C17H20N4O2.